The van der Waals surface area contributed by atoms with Crippen molar-refractivity contribution in [1.82, 2.24) is 20.2 Å². The molecule has 0 radical (unpaired) electrons. The van der Waals surface area contributed by atoms with Gasteiger partial charge in [0.05, 0.1) is 5.69 Å². The maximum absolute atomic E-state index is 12.1. The van der Waals surface area contributed by atoms with Crippen LogP contribution < -0.4 is 5.32 Å². The maximum atomic E-state index is 12.1. The molecule has 6 nitrogen and oxygen atoms in total. The quantitative estimate of drug-likeness (QED) is 0.784. The highest BCUT2D eigenvalue weighted by molar-refractivity contribution is 5.91. The van der Waals surface area contributed by atoms with Crippen molar-refractivity contribution in [3.63, 3.8) is 0 Å². The first-order chi connectivity index (χ1) is 11.6. The number of carbonyl (C=O) groups excluding carboxylic acids is 1. The summed E-state index contributed by atoms with van der Waals surface area (Å²) in [4.78, 5) is 12.1. The third kappa shape index (κ3) is 3.84. The Labute approximate surface area is 140 Å². The Morgan fingerprint density at radius 2 is 2.04 bits per heavy atom. The first-order valence-electron chi connectivity index (χ1n) is 7.81. The smallest absolute Gasteiger partial charge is 0.224 e. The molecule has 1 aromatic heterocycles. The van der Waals surface area contributed by atoms with Crippen LogP contribution in [0.15, 0.2) is 48.8 Å². The Morgan fingerprint density at radius 3 is 2.75 bits per heavy atom. The van der Waals surface area contributed by atoms with E-state index in [9.17, 15) is 4.79 Å². The molecule has 1 heterocycles. The van der Waals surface area contributed by atoms with E-state index in [0.29, 0.717) is 6.42 Å². The zero-order valence-corrected chi connectivity index (χ0v) is 13.7. The molecule has 0 saturated carbocycles. The van der Waals surface area contributed by atoms with Crippen LogP contribution in [0.3, 0.4) is 0 Å². The largest absolute Gasteiger partial charge is 0.326 e. The molecule has 0 saturated heterocycles. The van der Waals surface area contributed by atoms with Gasteiger partial charge in [-0.05, 0) is 60.0 Å². The van der Waals surface area contributed by atoms with Crippen LogP contribution in [-0.2, 0) is 11.2 Å². The molecule has 0 aliphatic carbocycles. The van der Waals surface area contributed by atoms with E-state index in [-0.39, 0.29) is 5.91 Å². The van der Waals surface area contributed by atoms with Crippen molar-refractivity contribution in [3.8, 4) is 5.69 Å². The Hall–Kier alpha value is -3.02. The van der Waals surface area contributed by atoms with Gasteiger partial charge in [-0.1, -0.05) is 29.8 Å². The number of tetrazole rings is 1. The lowest BCUT2D eigenvalue weighted by molar-refractivity contribution is -0.116. The van der Waals surface area contributed by atoms with Crippen LogP contribution in [-0.4, -0.2) is 26.1 Å². The summed E-state index contributed by atoms with van der Waals surface area (Å²) >= 11 is 0. The summed E-state index contributed by atoms with van der Waals surface area (Å²) in [5, 5.41) is 14.1. The molecule has 6 heteroatoms. The third-order valence-corrected chi connectivity index (χ3v) is 3.80. The van der Waals surface area contributed by atoms with Gasteiger partial charge in [0.1, 0.15) is 6.33 Å². The monoisotopic (exact) mass is 321 g/mol. The van der Waals surface area contributed by atoms with Crippen molar-refractivity contribution in [3.05, 3.63) is 65.5 Å². The second-order valence-corrected chi connectivity index (χ2v) is 5.79. The maximum Gasteiger partial charge on any atom is 0.224 e. The lowest BCUT2D eigenvalue weighted by atomic mass is 10.1. The van der Waals surface area contributed by atoms with E-state index in [4.69, 9.17) is 0 Å². The minimum absolute atomic E-state index is 0.00563. The van der Waals surface area contributed by atoms with E-state index in [1.807, 2.05) is 37.3 Å². The molecule has 1 amide bonds. The zero-order chi connectivity index (χ0) is 16.9. The van der Waals surface area contributed by atoms with Gasteiger partial charge in [0.15, 0.2) is 0 Å². The molecule has 1 N–H and O–H groups in total. The van der Waals surface area contributed by atoms with Gasteiger partial charge in [0.25, 0.3) is 0 Å². The molecule has 3 aromatic rings. The van der Waals surface area contributed by atoms with E-state index in [0.717, 1.165) is 23.4 Å². The Balaban J connectivity index is 1.61. The molecule has 0 bridgehead atoms. The SMILES string of the molecule is Cc1cccc(CCC(=O)Nc2ccc(-n3cnnn3)c(C)c2)c1. The summed E-state index contributed by atoms with van der Waals surface area (Å²) in [6.07, 6.45) is 2.73. The van der Waals surface area contributed by atoms with Gasteiger partial charge < -0.3 is 5.32 Å². The second-order valence-electron chi connectivity index (χ2n) is 5.79. The lowest BCUT2D eigenvalue weighted by Gasteiger charge is -2.09. The fourth-order valence-electron chi connectivity index (χ4n) is 2.61. The highest BCUT2D eigenvalue weighted by Crippen LogP contribution is 2.18. The topological polar surface area (TPSA) is 72.7 Å². The summed E-state index contributed by atoms with van der Waals surface area (Å²) in [7, 11) is 0. The number of carbonyl (C=O) groups is 1. The first-order valence-corrected chi connectivity index (χ1v) is 7.81. The van der Waals surface area contributed by atoms with E-state index < -0.39 is 0 Å². The highest BCUT2D eigenvalue weighted by Gasteiger charge is 2.07. The molecule has 0 aliphatic rings. The zero-order valence-electron chi connectivity index (χ0n) is 13.7. The molecule has 0 spiro atoms. The number of benzene rings is 2. The van der Waals surface area contributed by atoms with Crippen LogP contribution in [0.4, 0.5) is 5.69 Å². The van der Waals surface area contributed by atoms with E-state index in [1.165, 1.54) is 11.1 Å². The minimum atomic E-state index is 0.00563. The molecule has 2 aromatic carbocycles. The minimum Gasteiger partial charge on any atom is -0.326 e. The Kier molecular flexibility index (Phi) is 4.65. The highest BCUT2D eigenvalue weighted by atomic mass is 16.1. The van der Waals surface area contributed by atoms with Crippen molar-refractivity contribution in [2.24, 2.45) is 0 Å². The van der Waals surface area contributed by atoms with Crippen molar-refractivity contribution in [1.29, 1.82) is 0 Å². The number of amides is 1. The van der Waals surface area contributed by atoms with Crippen LogP contribution in [0.5, 0.6) is 0 Å². The van der Waals surface area contributed by atoms with Crippen LogP contribution >= 0.6 is 0 Å². The Morgan fingerprint density at radius 1 is 1.17 bits per heavy atom. The van der Waals surface area contributed by atoms with Gasteiger partial charge in [-0.3, -0.25) is 4.79 Å². The number of anilines is 1. The standard InChI is InChI=1S/C18H19N5O/c1-13-4-3-5-15(10-13)6-9-18(24)20-16-7-8-17(14(2)11-16)23-12-19-21-22-23/h3-5,7-8,10-12H,6,9H2,1-2H3,(H,20,24). The fourth-order valence-corrected chi connectivity index (χ4v) is 2.61. The summed E-state index contributed by atoms with van der Waals surface area (Å²) in [6.45, 7) is 4.01. The second kappa shape index (κ2) is 7.04. The van der Waals surface area contributed by atoms with Crippen molar-refractivity contribution < 1.29 is 4.79 Å². The van der Waals surface area contributed by atoms with Crippen LogP contribution in [0.25, 0.3) is 5.69 Å². The van der Waals surface area contributed by atoms with Crippen LogP contribution in [0.1, 0.15) is 23.1 Å². The van der Waals surface area contributed by atoms with Gasteiger partial charge >= 0.3 is 0 Å². The molecule has 0 aliphatic heterocycles. The van der Waals surface area contributed by atoms with Crippen molar-refractivity contribution >= 4 is 11.6 Å². The summed E-state index contributed by atoms with van der Waals surface area (Å²) in [5.74, 6) is 0.00563. The van der Waals surface area contributed by atoms with Crippen molar-refractivity contribution in [2.45, 2.75) is 26.7 Å². The number of aryl methyl sites for hydroxylation is 3. The van der Waals surface area contributed by atoms with Gasteiger partial charge in [0, 0.05) is 12.1 Å². The number of nitrogens with zero attached hydrogens (tertiary/aromatic N) is 4. The number of hydrogen-bond acceptors (Lipinski definition) is 4. The van der Waals surface area contributed by atoms with Gasteiger partial charge in [0.2, 0.25) is 5.91 Å². The van der Waals surface area contributed by atoms with E-state index in [1.54, 1.807) is 11.0 Å². The van der Waals surface area contributed by atoms with Crippen molar-refractivity contribution in [2.75, 3.05) is 5.32 Å². The molecule has 0 fully saturated rings. The predicted octanol–water partition coefficient (Wildman–Crippen LogP) is 2.85. The number of aromatic nitrogens is 4. The molecule has 24 heavy (non-hydrogen) atoms. The fraction of sp³-hybridized carbons (Fsp3) is 0.222. The molecular weight excluding hydrogens is 302 g/mol. The van der Waals surface area contributed by atoms with E-state index in [2.05, 4.69) is 39.9 Å². The van der Waals surface area contributed by atoms with E-state index >= 15 is 0 Å². The Bertz CT molecular complexity index is 842. The molecule has 0 atom stereocenters. The van der Waals surface area contributed by atoms with Gasteiger partial charge in [-0.2, -0.15) is 0 Å². The van der Waals surface area contributed by atoms with Crippen LogP contribution in [0, 0.1) is 13.8 Å². The average molecular weight is 321 g/mol. The summed E-state index contributed by atoms with van der Waals surface area (Å²) in [5.41, 5.74) is 5.03. The number of hydrogen-bond donors (Lipinski definition) is 1. The lowest BCUT2D eigenvalue weighted by Crippen LogP contribution is -2.12. The average Bonchev–Trinajstić information content (AvgIpc) is 3.07. The third-order valence-electron chi connectivity index (χ3n) is 3.80. The molecule has 0 unspecified atom stereocenters. The summed E-state index contributed by atoms with van der Waals surface area (Å²) in [6, 6.07) is 13.9. The normalized spacial score (nSPS) is 10.6. The molecule has 3 rings (SSSR count). The molecular formula is C18H19N5O. The molecule has 122 valence electrons. The first kappa shape index (κ1) is 15.9. The van der Waals surface area contributed by atoms with Crippen LogP contribution in [0.2, 0.25) is 0 Å². The summed E-state index contributed by atoms with van der Waals surface area (Å²) < 4.78 is 1.60. The van der Waals surface area contributed by atoms with Gasteiger partial charge in [-0.25, -0.2) is 4.68 Å². The van der Waals surface area contributed by atoms with Gasteiger partial charge in [-0.15, -0.1) is 5.10 Å². The number of rotatable bonds is 5. The number of nitrogens with one attached hydrogen (secondary N) is 1. The predicted molar refractivity (Wildman–Crippen MR) is 92.0 cm³/mol.